The molecule has 3 aromatic rings. The first-order valence-corrected chi connectivity index (χ1v) is 11.0. The third-order valence-corrected chi connectivity index (χ3v) is 6.55. The number of rotatable bonds is 4. The highest BCUT2D eigenvalue weighted by Gasteiger charge is 2.29. The highest BCUT2D eigenvalue weighted by molar-refractivity contribution is 7.92. The van der Waals surface area contributed by atoms with E-state index in [1.54, 1.807) is 30.3 Å². The largest absolute Gasteiger partial charge is 0.422 e. The Labute approximate surface area is 173 Å². The van der Waals surface area contributed by atoms with Gasteiger partial charge in [-0.2, -0.15) is 4.31 Å². The van der Waals surface area contributed by atoms with Gasteiger partial charge in [0.05, 0.1) is 0 Å². The van der Waals surface area contributed by atoms with E-state index in [1.807, 2.05) is 30.3 Å². The Morgan fingerprint density at radius 1 is 0.933 bits per heavy atom. The van der Waals surface area contributed by atoms with E-state index in [0.29, 0.717) is 11.0 Å². The third-order valence-electron chi connectivity index (χ3n) is 4.99. The van der Waals surface area contributed by atoms with Gasteiger partial charge in [0.2, 0.25) is 10.0 Å². The molecule has 154 valence electrons. The fourth-order valence-electron chi connectivity index (χ4n) is 3.34. The zero-order valence-corrected chi connectivity index (χ0v) is 16.9. The molecule has 1 aliphatic heterocycles. The average molecular weight is 424 g/mol. The Morgan fingerprint density at radius 3 is 2.33 bits per heavy atom. The lowest BCUT2D eigenvalue weighted by molar-refractivity contribution is 0.0694. The minimum absolute atomic E-state index is 0.0472. The average Bonchev–Trinajstić information content (AvgIpc) is 2.77. The van der Waals surface area contributed by atoms with Crippen LogP contribution in [0.25, 0.3) is 17.0 Å². The molecule has 1 fully saturated rings. The van der Waals surface area contributed by atoms with Crippen LogP contribution in [0.1, 0.15) is 15.9 Å². The van der Waals surface area contributed by atoms with Crippen molar-refractivity contribution in [2.45, 2.75) is 0 Å². The van der Waals surface area contributed by atoms with Gasteiger partial charge in [0.15, 0.2) is 0 Å². The van der Waals surface area contributed by atoms with Crippen molar-refractivity contribution in [2.24, 2.45) is 0 Å². The molecule has 8 heteroatoms. The zero-order valence-electron chi connectivity index (χ0n) is 16.1. The molecule has 2 heterocycles. The standard InChI is InChI=1S/C22H20N2O5S/c25-21(19-16-18-8-4-5-9-20(18)29-22(19)26)23-11-13-24(14-12-23)30(27,28)15-10-17-6-2-1-3-7-17/h1-10,15-16H,11-14H2. The highest BCUT2D eigenvalue weighted by Crippen LogP contribution is 2.16. The smallest absolute Gasteiger partial charge is 0.349 e. The van der Waals surface area contributed by atoms with Gasteiger partial charge in [-0.3, -0.25) is 4.79 Å². The predicted molar refractivity (Wildman–Crippen MR) is 114 cm³/mol. The predicted octanol–water partition coefficient (Wildman–Crippen LogP) is 2.55. The lowest BCUT2D eigenvalue weighted by Crippen LogP contribution is -2.50. The molecule has 0 saturated carbocycles. The van der Waals surface area contributed by atoms with Crippen LogP contribution in [-0.4, -0.2) is 49.7 Å². The first kappa shape index (κ1) is 20.1. The van der Waals surface area contributed by atoms with Crippen LogP contribution < -0.4 is 5.63 Å². The number of sulfonamides is 1. The first-order chi connectivity index (χ1) is 14.4. The Bertz CT molecular complexity index is 1260. The van der Waals surface area contributed by atoms with Gasteiger partial charge in [0.25, 0.3) is 5.91 Å². The Morgan fingerprint density at radius 2 is 1.60 bits per heavy atom. The number of amides is 1. The fraction of sp³-hybridized carbons (Fsp3) is 0.182. The first-order valence-electron chi connectivity index (χ1n) is 9.49. The molecule has 0 atom stereocenters. The summed E-state index contributed by atoms with van der Waals surface area (Å²) >= 11 is 0. The molecule has 1 aliphatic rings. The summed E-state index contributed by atoms with van der Waals surface area (Å²) in [7, 11) is -3.60. The molecular weight excluding hydrogens is 404 g/mol. The van der Waals surface area contributed by atoms with E-state index in [4.69, 9.17) is 4.42 Å². The zero-order chi connectivity index (χ0) is 21.1. The molecule has 2 aromatic carbocycles. The van der Waals surface area contributed by atoms with Crippen LogP contribution in [0.5, 0.6) is 0 Å². The van der Waals surface area contributed by atoms with Gasteiger partial charge in [-0.15, -0.1) is 0 Å². The quantitative estimate of drug-likeness (QED) is 0.601. The summed E-state index contributed by atoms with van der Waals surface area (Å²) in [6.07, 6.45) is 1.55. The molecule has 7 nitrogen and oxygen atoms in total. The fourth-order valence-corrected chi connectivity index (χ4v) is 4.52. The molecule has 30 heavy (non-hydrogen) atoms. The molecule has 0 N–H and O–H groups in total. The Kier molecular flexibility index (Phi) is 5.52. The second-order valence-corrected chi connectivity index (χ2v) is 8.75. The molecule has 1 amide bonds. The van der Waals surface area contributed by atoms with Crippen LogP contribution in [0, 0.1) is 0 Å². The van der Waals surface area contributed by atoms with Crippen molar-refractivity contribution in [3.63, 3.8) is 0 Å². The molecule has 0 bridgehead atoms. The van der Waals surface area contributed by atoms with Crippen molar-refractivity contribution >= 4 is 33.0 Å². The van der Waals surface area contributed by atoms with Crippen molar-refractivity contribution in [3.05, 3.63) is 87.6 Å². The van der Waals surface area contributed by atoms with Gasteiger partial charge >= 0.3 is 5.63 Å². The minimum atomic E-state index is -3.60. The lowest BCUT2D eigenvalue weighted by Gasteiger charge is -2.33. The monoisotopic (exact) mass is 424 g/mol. The van der Waals surface area contributed by atoms with E-state index in [1.165, 1.54) is 20.7 Å². The Balaban J connectivity index is 1.45. The normalized spacial score (nSPS) is 15.7. The molecule has 1 saturated heterocycles. The van der Waals surface area contributed by atoms with Gasteiger partial charge in [0, 0.05) is 37.0 Å². The van der Waals surface area contributed by atoms with Gasteiger partial charge in [-0.05, 0) is 23.8 Å². The summed E-state index contributed by atoms with van der Waals surface area (Å²) in [6.45, 7) is 0.714. The van der Waals surface area contributed by atoms with E-state index in [-0.39, 0.29) is 31.7 Å². The van der Waals surface area contributed by atoms with Gasteiger partial charge in [-0.25, -0.2) is 13.2 Å². The number of nitrogens with zero attached hydrogens (tertiary/aromatic N) is 2. The molecular formula is C22H20N2O5S. The number of piperazine rings is 1. The van der Waals surface area contributed by atoms with Gasteiger partial charge in [-0.1, -0.05) is 48.5 Å². The maximum absolute atomic E-state index is 12.8. The molecule has 0 spiro atoms. The highest BCUT2D eigenvalue weighted by atomic mass is 32.2. The van der Waals surface area contributed by atoms with Crippen molar-refractivity contribution in [3.8, 4) is 0 Å². The summed E-state index contributed by atoms with van der Waals surface area (Å²) in [5.41, 5.74) is 0.464. The van der Waals surface area contributed by atoms with Crippen LogP contribution in [0.4, 0.5) is 0 Å². The van der Waals surface area contributed by atoms with Crippen LogP contribution in [0.15, 0.2) is 75.3 Å². The number of para-hydroxylation sites is 1. The maximum atomic E-state index is 12.8. The van der Waals surface area contributed by atoms with Crippen LogP contribution >= 0.6 is 0 Å². The van der Waals surface area contributed by atoms with E-state index >= 15 is 0 Å². The maximum Gasteiger partial charge on any atom is 0.349 e. The molecule has 0 radical (unpaired) electrons. The van der Waals surface area contributed by atoms with Crippen molar-refractivity contribution in [2.75, 3.05) is 26.2 Å². The summed E-state index contributed by atoms with van der Waals surface area (Å²) < 4.78 is 31.7. The summed E-state index contributed by atoms with van der Waals surface area (Å²) in [6, 6.07) is 17.7. The van der Waals surface area contributed by atoms with Crippen molar-refractivity contribution in [1.29, 1.82) is 0 Å². The lowest BCUT2D eigenvalue weighted by atomic mass is 10.1. The molecule has 0 unspecified atom stereocenters. The second kappa shape index (κ2) is 8.25. The number of hydrogen-bond acceptors (Lipinski definition) is 5. The molecule has 0 aliphatic carbocycles. The van der Waals surface area contributed by atoms with E-state index < -0.39 is 21.6 Å². The molecule has 1 aromatic heterocycles. The summed E-state index contributed by atoms with van der Waals surface area (Å²) in [5.74, 6) is -0.452. The number of benzene rings is 2. The van der Waals surface area contributed by atoms with Crippen molar-refractivity contribution in [1.82, 2.24) is 9.21 Å². The SMILES string of the molecule is O=C(c1cc2ccccc2oc1=O)N1CCN(S(=O)(=O)C=Cc2ccccc2)CC1. The van der Waals surface area contributed by atoms with Crippen molar-refractivity contribution < 1.29 is 17.6 Å². The van der Waals surface area contributed by atoms with E-state index in [2.05, 4.69) is 0 Å². The topological polar surface area (TPSA) is 87.9 Å². The van der Waals surface area contributed by atoms with Crippen LogP contribution in [-0.2, 0) is 10.0 Å². The van der Waals surface area contributed by atoms with Gasteiger partial charge < -0.3 is 9.32 Å². The summed E-state index contributed by atoms with van der Waals surface area (Å²) in [4.78, 5) is 26.5. The Hall–Kier alpha value is -3.23. The third kappa shape index (κ3) is 4.19. The van der Waals surface area contributed by atoms with E-state index in [0.717, 1.165) is 5.56 Å². The second-order valence-electron chi connectivity index (χ2n) is 6.93. The number of hydrogen-bond donors (Lipinski definition) is 0. The van der Waals surface area contributed by atoms with Crippen LogP contribution in [0.3, 0.4) is 0 Å². The van der Waals surface area contributed by atoms with Gasteiger partial charge in [0.1, 0.15) is 11.1 Å². The number of fused-ring (bicyclic) bond motifs is 1. The minimum Gasteiger partial charge on any atom is -0.422 e. The van der Waals surface area contributed by atoms with E-state index in [9.17, 15) is 18.0 Å². The van der Waals surface area contributed by atoms with Crippen LogP contribution in [0.2, 0.25) is 0 Å². The number of carbonyl (C=O) groups excluding carboxylic acids is 1. The summed E-state index contributed by atoms with van der Waals surface area (Å²) in [5, 5.41) is 1.84. The molecule has 4 rings (SSSR count). The number of carbonyl (C=O) groups is 1.